The van der Waals surface area contributed by atoms with Crippen LogP contribution in [0.2, 0.25) is 5.22 Å². The zero-order valence-corrected chi connectivity index (χ0v) is 13.1. The van der Waals surface area contributed by atoms with Crippen molar-refractivity contribution in [1.29, 1.82) is 0 Å². The first-order valence-corrected chi connectivity index (χ1v) is 7.25. The van der Waals surface area contributed by atoms with Crippen molar-refractivity contribution in [3.05, 3.63) is 41.1 Å². The number of halogens is 1. The monoisotopic (exact) mass is 303 g/mol. The zero-order chi connectivity index (χ0) is 15.2. The van der Waals surface area contributed by atoms with Crippen LogP contribution in [0.1, 0.15) is 26.3 Å². The molecule has 1 aromatic carbocycles. The Labute approximate surface area is 128 Å². The summed E-state index contributed by atoms with van der Waals surface area (Å²) in [5.74, 6) is 1.44. The first-order valence-electron chi connectivity index (χ1n) is 6.88. The third-order valence-corrected chi connectivity index (χ3v) is 3.62. The maximum absolute atomic E-state index is 5.90. The lowest BCUT2D eigenvalue weighted by Gasteiger charge is -2.24. The average Bonchev–Trinajstić information content (AvgIpc) is 3.00. The minimum Gasteiger partial charge on any atom is -0.441 e. The van der Waals surface area contributed by atoms with Gasteiger partial charge in [-0.05, 0) is 62.2 Å². The molecule has 0 atom stereocenters. The Hall–Kier alpha value is -1.78. The third kappa shape index (κ3) is 2.45. The van der Waals surface area contributed by atoms with Crippen molar-refractivity contribution in [3.63, 3.8) is 0 Å². The van der Waals surface area contributed by atoms with Crippen LogP contribution in [0.4, 0.5) is 0 Å². The molecule has 2 heterocycles. The fraction of sp³-hybridized carbons (Fsp3) is 0.312. The van der Waals surface area contributed by atoms with E-state index in [1.165, 1.54) is 0 Å². The quantitative estimate of drug-likeness (QED) is 0.773. The van der Waals surface area contributed by atoms with Gasteiger partial charge >= 0.3 is 0 Å². The van der Waals surface area contributed by atoms with Crippen LogP contribution in [-0.2, 0) is 12.1 Å². The fourth-order valence-electron chi connectivity index (χ4n) is 2.53. The maximum Gasteiger partial charge on any atom is 0.194 e. The molecule has 21 heavy (non-hydrogen) atoms. The minimum atomic E-state index is -0.131. The topological polar surface area (TPSA) is 57.0 Å². The number of aromatic nitrogens is 2. The molecule has 110 valence electrons. The van der Waals surface area contributed by atoms with Crippen LogP contribution in [0.5, 0.6) is 0 Å². The number of fused-ring (bicyclic) bond motifs is 1. The molecule has 0 amide bonds. The standard InChI is InChI=1S/C16H18ClN3O/c1-16(2,3)20-12-5-4-10(9-18)8-11(12)19-15(20)13-6-7-14(17)21-13/h4-8H,9,18H2,1-3H3. The van der Waals surface area contributed by atoms with Crippen LogP contribution < -0.4 is 5.73 Å². The molecule has 0 bridgehead atoms. The average molecular weight is 304 g/mol. The fourth-order valence-corrected chi connectivity index (χ4v) is 2.68. The Morgan fingerprint density at radius 2 is 2.00 bits per heavy atom. The lowest BCUT2D eigenvalue weighted by atomic mass is 10.1. The van der Waals surface area contributed by atoms with Crippen molar-refractivity contribution in [1.82, 2.24) is 9.55 Å². The predicted octanol–water partition coefficient (Wildman–Crippen LogP) is 4.16. The molecular weight excluding hydrogens is 286 g/mol. The van der Waals surface area contributed by atoms with Crippen LogP contribution in [-0.4, -0.2) is 9.55 Å². The van der Waals surface area contributed by atoms with E-state index in [1.54, 1.807) is 6.07 Å². The summed E-state index contributed by atoms with van der Waals surface area (Å²) in [5, 5.41) is 0.361. The van der Waals surface area contributed by atoms with Crippen LogP contribution >= 0.6 is 11.6 Å². The van der Waals surface area contributed by atoms with Gasteiger partial charge in [0, 0.05) is 12.1 Å². The lowest BCUT2D eigenvalue weighted by Crippen LogP contribution is -2.22. The molecule has 4 nitrogen and oxygen atoms in total. The van der Waals surface area contributed by atoms with E-state index >= 15 is 0 Å². The summed E-state index contributed by atoms with van der Waals surface area (Å²) in [7, 11) is 0. The van der Waals surface area contributed by atoms with Crippen molar-refractivity contribution in [3.8, 4) is 11.6 Å². The number of imidazole rings is 1. The number of hydrogen-bond acceptors (Lipinski definition) is 3. The molecule has 5 heteroatoms. The Morgan fingerprint density at radius 1 is 1.24 bits per heavy atom. The van der Waals surface area contributed by atoms with Crippen LogP contribution in [0.15, 0.2) is 34.7 Å². The molecule has 0 aliphatic rings. The second-order valence-electron chi connectivity index (χ2n) is 6.07. The first kappa shape index (κ1) is 14.2. The summed E-state index contributed by atoms with van der Waals surface area (Å²) in [5.41, 5.74) is 8.61. The van der Waals surface area contributed by atoms with Crippen molar-refractivity contribution < 1.29 is 4.42 Å². The molecule has 0 spiro atoms. The van der Waals surface area contributed by atoms with Gasteiger partial charge in [-0.2, -0.15) is 0 Å². The summed E-state index contributed by atoms with van der Waals surface area (Å²) < 4.78 is 7.71. The van der Waals surface area contributed by atoms with E-state index in [0.29, 0.717) is 17.5 Å². The number of hydrogen-bond donors (Lipinski definition) is 1. The highest BCUT2D eigenvalue weighted by Crippen LogP contribution is 2.33. The molecular formula is C16H18ClN3O. The van der Waals surface area contributed by atoms with E-state index in [1.807, 2.05) is 18.2 Å². The summed E-state index contributed by atoms with van der Waals surface area (Å²) in [4.78, 5) is 4.73. The highest BCUT2D eigenvalue weighted by atomic mass is 35.5. The van der Waals surface area contributed by atoms with Crippen LogP contribution in [0.3, 0.4) is 0 Å². The molecule has 3 rings (SSSR count). The molecule has 0 unspecified atom stereocenters. The van der Waals surface area contributed by atoms with Gasteiger partial charge in [-0.25, -0.2) is 4.98 Å². The summed E-state index contributed by atoms with van der Waals surface area (Å²) in [6, 6.07) is 9.69. The van der Waals surface area contributed by atoms with E-state index in [2.05, 4.69) is 31.4 Å². The first-order chi connectivity index (χ1) is 9.90. The molecule has 0 aliphatic carbocycles. The van der Waals surface area contributed by atoms with Gasteiger partial charge in [0.25, 0.3) is 0 Å². The van der Waals surface area contributed by atoms with E-state index in [4.69, 9.17) is 26.7 Å². The molecule has 0 aliphatic heterocycles. The summed E-state index contributed by atoms with van der Waals surface area (Å²) in [6.45, 7) is 6.91. The summed E-state index contributed by atoms with van der Waals surface area (Å²) >= 11 is 5.90. The van der Waals surface area contributed by atoms with Crippen LogP contribution in [0.25, 0.3) is 22.6 Å². The van der Waals surface area contributed by atoms with Gasteiger partial charge in [-0.1, -0.05) is 6.07 Å². The van der Waals surface area contributed by atoms with Gasteiger partial charge in [0.1, 0.15) is 0 Å². The molecule has 0 saturated heterocycles. The number of nitrogens with zero attached hydrogens (tertiary/aromatic N) is 2. The molecule has 0 saturated carbocycles. The summed E-state index contributed by atoms with van der Waals surface area (Å²) in [6.07, 6.45) is 0. The second-order valence-corrected chi connectivity index (χ2v) is 6.45. The van der Waals surface area contributed by atoms with E-state index in [0.717, 1.165) is 22.4 Å². The lowest BCUT2D eigenvalue weighted by molar-refractivity contribution is 0.408. The molecule has 0 radical (unpaired) electrons. The Kier molecular flexibility index (Phi) is 3.30. The van der Waals surface area contributed by atoms with Crippen molar-refractivity contribution in [2.75, 3.05) is 0 Å². The van der Waals surface area contributed by atoms with Crippen molar-refractivity contribution in [2.24, 2.45) is 5.73 Å². The number of benzene rings is 1. The van der Waals surface area contributed by atoms with Gasteiger partial charge in [-0.15, -0.1) is 0 Å². The normalized spacial score (nSPS) is 12.2. The van der Waals surface area contributed by atoms with E-state index < -0.39 is 0 Å². The third-order valence-electron chi connectivity index (χ3n) is 3.42. The van der Waals surface area contributed by atoms with Gasteiger partial charge in [0.2, 0.25) is 0 Å². The Bertz CT molecular complexity index is 796. The largest absolute Gasteiger partial charge is 0.441 e. The molecule has 2 N–H and O–H groups in total. The smallest absolute Gasteiger partial charge is 0.194 e. The molecule has 3 aromatic rings. The molecule has 0 fully saturated rings. The number of nitrogens with two attached hydrogens (primary N) is 1. The highest BCUT2D eigenvalue weighted by Gasteiger charge is 2.24. The van der Waals surface area contributed by atoms with E-state index in [-0.39, 0.29) is 5.54 Å². The predicted molar refractivity (Wildman–Crippen MR) is 85.3 cm³/mol. The minimum absolute atomic E-state index is 0.131. The zero-order valence-electron chi connectivity index (χ0n) is 12.4. The van der Waals surface area contributed by atoms with Gasteiger partial charge in [0.05, 0.1) is 11.0 Å². The number of furan rings is 1. The maximum atomic E-state index is 5.90. The van der Waals surface area contributed by atoms with Gasteiger partial charge in [0.15, 0.2) is 16.8 Å². The SMILES string of the molecule is CC(C)(C)n1c(-c2ccc(Cl)o2)nc2cc(CN)ccc21. The van der Waals surface area contributed by atoms with Gasteiger partial charge in [-0.3, -0.25) is 0 Å². The van der Waals surface area contributed by atoms with Crippen molar-refractivity contribution >= 4 is 22.6 Å². The van der Waals surface area contributed by atoms with Gasteiger partial charge < -0.3 is 14.7 Å². The highest BCUT2D eigenvalue weighted by molar-refractivity contribution is 6.28. The number of rotatable bonds is 2. The second kappa shape index (κ2) is 4.90. The van der Waals surface area contributed by atoms with E-state index in [9.17, 15) is 0 Å². The Morgan fingerprint density at radius 3 is 2.57 bits per heavy atom. The Balaban J connectivity index is 2.32. The van der Waals surface area contributed by atoms with Crippen LogP contribution in [0, 0.1) is 0 Å². The molecule has 2 aromatic heterocycles. The van der Waals surface area contributed by atoms with Crippen molar-refractivity contribution in [2.45, 2.75) is 32.9 Å².